The molecule has 1 aliphatic rings. The first kappa shape index (κ1) is 15.8. The first-order valence-corrected chi connectivity index (χ1v) is 8.02. The number of halogens is 2. The summed E-state index contributed by atoms with van der Waals surface area (Å²) in [6.45, 7) is 0.693. The molecular weight excluding hydrogens is 313 g/mol. The van der Waals surface area contributed by atoms with Crippen molar-refractivity contribution in [3.63, 3.8) is 0 Å². The quantitative estimate of drug-likeness (QED) is 0.662. The zero-order valence-electron chi connectivity index (χ0n) is 12.9. The number of hydrogen-bond acceptors (Lipinski definition) is 1. The first-order chi connectivity index (χ1) is 11.2. The molecular formula is C18H19ClFN3. The van der Waals surface area contributed by atoms with E-state index in [1.165, 1.54) is 11.6 Å². The molecule has 1 aliphatic carbocycles. The van der Waals surface area contributed by atoms with E-state index in [-0.39, 0.29) is 17.8 Å². The van der Waals surface area contributed by atoms with Crippen molar-refractivity contribution in [1.82, 2.24) is 10.6 Å². The molecule has 1 saturated carbocycles. The largest absolute Gasteiger partial charge is 0.353 e. The molecule has 0 aliphatic heterocycles. The lowest BCUT2D eigenvalue weighted by molar-refractivity contribution is 0.608. The Kier molecular flexibility index (Phi) is 4.82. The van der Waals surface area contributed by atoms with Crippen molar-refractivity contribution in [1.29, 1.82) is 0 Å². The predicted molar refractivity (Wildman–Crippen MR) is 92.3 cm³/mol. The molecule has 5 heteroatoms. The zero-order chi connectivity index (χ0) is 16.2. The van der Waals surface area contributed by atoms with Crippen LogP contribution in [0, 0.1) is 5.82 Å². The lowest BCUT2D eigenvalue weighted by Crippen LogP contribution is -2.38. The summed E-state index contributed by atoms with van der Waals surface area (Å²) in [5.74, 6) is 0.576. The highest BCUT2D eigenvalue weighted by molar-refractivity contribution is 6.31. The van der Waals surface area contributed by atoms with Crippen molar-refractivity contribution in [3.8, 4) is 0 Å². The molecule has 3 nitrogen and oxygen atoms in total. The normalized spacial score (nSPS) is 20.2. The van der Waals surface area contributed by atoms with Crippen molar-refractivity contribution in [2.75, 3.05) is 7.05 Å². The van der Waals surface area contributed by atoms with Crippen molar-refractivity contribution in [3.05, 3.63) is 70.5 Å². The Labute approximate surface area is 140 Å². The molecule has 3 rings (SSSR count). The molecule has 2 aromatic carbocycles. The minimum absolute atomic E-state index is 0.0963. The second-order valence-corrected chi connectivity index (χ2v) is 6.05. The number of aliphatic imine (C=N–C) groups is 1. The monoisotopic (exact) mass is 331 g/mol. The highest BCUT2D eigenvalue weighted by atomic mass is 35.5. The summed E-state index contributed by atoms with van der Waals surface area (Å²) in [6, 6.07) is 15.1. The van der Waals surface area contributed by atoms with Crippen LogP contribution in [0.5, 0.6) is 0 Å². The maximum absolute atomic E-state index is 13.9. The highest BCUT2D eigenvalue weighted by Gasteiger charge is 2.41. The molecule has 0 bridgehead atoms. The van der Waals surface area contributed by atoms with E-state index in [0.29, 0.717) is 23.1 Å². The van der Waals surface area contributed by atoms with Gasteiger partial charge in [0.2, 0.25) is 0 Å². The van der Waals surface area contributed by atoms with Gasteiger partial charge in [0.05, 0.1) is 0 Å². The van der Waals surface area contributed by atoms with Gasteiger partial charge >= 0.3 is 0 Å². The van der Waals surface area contributed by atoms with E-state index < -0.39 is 0 Å². The Balaban J connectivity index is 1.57. The highest BCUT2D eigenvalue weighted by Crippen LogP contribution is 2.44. The number of rotatable bonds is 4. The fraction of sp³-hybridized carbons (Fsp3) is 0.278. The summed E-state index contributed by atoms with van der Waals surface area (Å²) >= 11 is 6.13. The second-order valence-electron chi connectivity index (χ2n) is 5.64. The molecule has 0 spiro atoms. The summed E-state index contributed by atoms with van der Waals surface area (Å²) in [5, 5.41) is 7.09. The average molecular weight is 332 g/mol. The van der Waals surface area contributed by atoms with Crippen LogP contribution < -0.4 is 10.6 Å². The van der Waals surface area contributed by atoms with Crippen LogP contribution in [0.4, 0.5) is 4.39 Å². The van der Waals surface area contributed by atoms with Crippen LogP contribution in [-0.4, -0.2) is 19.0 Å². The summed E-state index contributed by atoms with van der Waals surface area (Å²) in [5.41, 5.74) is 1.78. The van der Waals surface area contributed by atoms with Gasteiger partial charge in [0, 0.05) is 36.1 Å². The molecule has 2 aromatic rings. The Morgan fingerprint density at radius 2 is 2.00 bits per heavy atom. The van der Waals surface area contributed by atoms with Crippen LogP contribution in [0.2, 0.25) is 5.02 Å². The third-order valence-electron chi connectivity index (χ3n) is 4.01. The molecule has 120 valence electrons. The summed E-state index contributed by atoms with van der Waals surface area (Å²) in [7, 11) is 1.73. The van der Waals surface area contributed by atoms with Gasteiger partial charge in [-0.2, -0.15) is 0 Å². The van der Waals surface area contributed by atoms with Gasteiger partial charge in [-0.15, -0.1) is 0 Å². The Hall–Kier alpha value is -2.07. The maximum Gasteiger partial charge on any atom is 0.191 e. The standard InChI is InChI=1S/C18H19ClFN3/c1-21-18(22-11-12-6-3-2-4-7-12)23-16-10-13(16)17-14(19)8-5-9-15(17)20/h2-9,13,16H,10-11H2,1H3,(H2,21,22,23). The lowest BCUT2D eigenvalue weighted by Gasteiger charge is -2.12. The van der Waals surface area contributed by atoms with Gasteiger partial charge in [0.25, 0.3) is 0 Å². The third-order valence-corrected chi connectivity index (χ3v) is 4.34. The molecule has 0 saturated heterocycles. The Morgan fingerprint density at radius 3 is 2.70 bits per heavy atom. The first-order valence-electron chi connectivity index (χ1n) is 7.64. The maximum atomic E-state index is 13.9. The van der Waals surface area contributed by atoms with Gasteiger partial charge in [-0.3, -0.25) is 4.99 Å². The van der Waals surface area contributed by atoms with Gasteiger partial charge in [-0.25, -0.2) is 4.39 Å². The van der Waals surface area contributed by atoms with Gasteiger partial charge < -0.3 is 10.6 Å². The summed E-state index contributed by atoms with van der Waals surface area (Å²) in [6.07, 6.45) is 0.854. The van der Waals surface area contributed by atoms with Gasteiger partial charge in [0.1, 0.15) is 5.82 Å². The van der Waals surface area contributed by atoms with Crippen LogP contribution in [-0.2, 0) is 6.54 Å². The molecule has 2 N–H and O–H groups in total. The van der Waals surface area contributed by atoms with E-state index >= 15 is 0 Å². The second kappa shape index (κ2) is 7.01. The van der Waals surface area contributed by atoms with Crippen molar-refractivity contribution >= 4 is 17.6 Å². The van der Waals surface area contributed by atoms with E-state index in [1.807, 2.05) is 18.2 Å². The minimum atomic E-state index is -0.237. The van der Waals surface area contributed by atoms with E-state index in [0.717, 1.165) is 6.42 Å². The predicted octanol–water partition coefficient (Wildman–Crippen LogP) is 3.70. The molecule has 23 heavy (non-hydrogen) atoms. The molecule has 2 unspecified atom stereocenters. The number of nitrogens with zero attached hydrogens (tertiary/aromatic N) is 1. The Bertz CT molecular complexity index is 682. The van der Waals surface area contributed by atoms with E-state index in [2.05, 4.69) is 27.8 Å². The van der Waals surface area contributed by atoms with Crippen LogP contribution >= 0.6 is 11.6 Å². The number of hydrogen-bond donors (Lipinski definition) is 2. The molecule has 1 fully saturated rings. The minimum Gasteiger partial charge on any atom is -0.353 e. The number of nitrogens with one attached hydrogen (secondary N) is 2. The van der Waals surface area contributed by atoms with Crippen LogP contribution in [0.25, 0.3) is 0 Å². The van der Waals surface area contributed by atoms with E-state index in [9.17, 15) is 4.39 Å². The van der Waals surface area contributed by atoms with Gasteiger partial charge in [-0.05, 0) is 24.1 Å². The number of guanidine groups is 1. The fourth-order valence-corrected chi connectivity index (χ4v) is 2.99. The lowest BCUT2D eigenvalue weighted by atomic mass is 10.1. The smallest absolute Gasteiger partial charge is 0.191 e. The van der Waals surface area contributed by atoms with Gasteiger partial charge in [-0.1, -0.05) is 48.0 Å². The molecule has 2 atom stereocenters. The van der Waals surface area contributed by atoms with Crippen LogP contribution in [0.15, 0.2) is 53.5 Å². The van der Waals surface area contributed by atoms with Crippen molar-refractivity contribution in [2.24, 2.45) is 4.99 Å². The van der Waals surface area contributed by atoms with Crippen molar-refractivity contribution < 1.29 is 4.39 Å². The molecule has 0 radical (unpaired) electrons. The fourth-order valence-electron chi connectivity index (χ4n) is 2.69. The van der Waals surface area contributed by atoms with Crippen LogP contribution in [0.1, 0.15) is 23.5 Å². The SMILES string of the molecule is CN=C(NCc1ccccc1)NC1CC1c1c(F)cccc1Cl. The average Bonchev–Trinajstić information content (AvgIpc) is 3.31. The summed E-state index contributed by atoms with van der Waals surface area (Å²) < 4.78 is 13.9. The van der Waals surface area contributed by atoms with Crippen molar-refractivity contribution in [2.45, 2.75) is 24.9 Å². The van der Waals surface area contributed by atoms with Crippen LogP contribution in [0.3, 0.4) is 0 Å². The topological polar surface area (TPSA) is 36.4 Å². The Morgan fingerprint density at radius 1 is 1.22 bits per heavy atom. The number of benzene rings is 2. The molecule has 0 aromatic heterocycles. The third kappa shape index (κ3) is 3.82. The van der Waals surface area contributed by atoms with E-state index in [4.69, 9.17) is 11.6 Å². The van der Waals surface area contributed by atoms with Gasteiger partial charge in [0.15, 0.2) is 5.96 Å². The molecule has 0 heterocycles. The van der Waals surface area contributed by atoms with E-state index in [1.54, 1.807) is 19.2 Å². The molecule has 0 amide bonds. The zero-order valence-corrected chi connectivity index (χ0v) is 13.6. The summed E-state index contributed by atoms with van der Waals surface area (Å²) in [4.78, 5) is 4.22.